The first-order valence-electron chi connectivity index (χ1n) is 19.4. The first-order chi connectivity index (χ1) is 28.5. The maximum atomic E-state index is 11.4. The fraction of sp³-hybridized carbons (Fsp3) is 0.357. The van der Waals surface area contributed by atoms with Gasteiger partial charge in [-0.1, -0.05) is 91.0 Å². The summed E-state index contributed by atoms with van der Waals surface area (Å²) in [5, 5.41) is 50.9. The van der Waals surface area contributed by atoms with Crippen LogP contribution in [0.25, 0.3) is 11.2 Å². The van der Waals surface area contributed by atoms with Crippen molar-refractivity contribution < 1.29 is 38.4 Å². The number of hydrogen-bond donors (Lipinski definition) is 6. The average Bonchev–Trinajstić information content (AvgIpc) is 3.97. The molecule has 4 heterocycles. The number of piperidine rings is 1. The quantitative estimate of drug-likeness (QED) is 0.0929. The molecule has 2 aliphatic rings. The van der Waals surface area contributed by atoms with E-state index >= 15 is 0 Å². The number of aliphatic hydroxyl groups excluding tert-OH is 3. The van der Waals surface area contributed by atoms with Crippen molar-refractivity contribution in [1.82, 2.24) is 34.2 Å². The lowest BCUT2D eigenvalue weighted by molar-refractivity contribution is -0.192. The summed E-state index contributed by atoms with van der Waals surface area (Å²) in [7, 11) is 0. The fourth-order valence-electron chi connectivity index (χ4n) is 7.77. The molecule has 8 rings (SSSR count). The Labute approximate surface area is 338 Å². The topological polar surface area (TPSA) is 187 Å². The number of benzene rings is 3. The molecule has 6 aromatic rings. The molecule has 59 heavy (non-hydrogen) atoms. The molecule has 3 aromatic carbocycles. The lowest BCUT2D eigenvalue weighted by Crippen LogP contribution is -2.39. The van der Waals surface area contributed by atoms with Gasteiger partial charge in [0.1, 0.15) is 12.2 Å². The molecule has 0 spiro atoms. The van der Waals surface area contributed by atoms with Gasteiger partial charge in [0.15, 0.2) is 17.0 Å². The van der Waals surface area contributed by atoms with Crippen molar-refractivity contribution in [3.63, 3.8) is 0 Å². The second-order valence-corrected chi connectivity index (χ2v) is 14.8. The van der Waals surface area contributed by atoms with Crippen molar-refractivity contribution in [3.8, 4) is 0 Å². The summed E-state index contributed by atoms with van der Waals surface area (Å²) in [6.45, 7) is 3.29. The number of imidazole rings is 1. The van der Waals surface area contributed by atoms with Crippen LogP contribution in [0.3, 0.4) is 0 Å². The van der Waals surface area contributed by atoms with Gasteiger partial charge in [0.05, 0.1) is 31.2 Å². The molecule has 6 N–H and O–H groups in total. The molecular weight excluding hydrogens is 768 g/mol. The zero-order valence-corrected chi connectivity index (χ0v) is 32.0. The van der Waals surface area contributed by atoms with Crippen molar-refractivity contribution in [2.75, 3.05) is 30.3 Å². The molecule has 4 atom stereocenters. The highest BCUT2D eigenvalue weighted by atomic mass is 19.4. The maximum Gasteiger partial charge on any atom is 0.490 e. The van der Waals surface area contributed by atoms with Crippen molar-refractivity contribution >= 4 is 28.9 Å². The van der Waals surface area contributed by atoms with Crippen LogP contribution in [-0.2, 0) is 17.9 Å². The SMILES string of the molecule is O=C(O)C(F)(F)F.OCc1cnn(C2C[C@@H](n3cnc4c(NCC(c5ccccc5)c5ccccc5)nc(NC5CCN(Cc6ccccc6)CC5)nc43)[C@H](O)[C@@H]2O)c1. The lowest BCUT2D eigenvalue weighted by atomic mass is 9.91. The minimum absolute atomic E-state index is 0.0605. The smallest absolute Gasteiger partial charge is 0.475 e. The number of fused-ring (bicyclic) bond motifs is 1. The van der Waals surface area contributed by atoms with Gasteiger partial charge in [0.2, 0.25) is 5.95 Å². The van der Waals surface area contributed by atoms with E-state index in [0.717, 1.165) is 32.5 Å². The van der Waals surface area contributed by atoms with Crippen LogP contribution in [0.4, 0.5) is 24.9 Å². The Balaban J connectivity index is 0.000000694. The van der Waals surface area contributed by atoms with E-state index in [-0.39, 0.29) is 18.6 Å². The number of nitrogens with one attached hydrogen (secondary N) is 2. The standard InChI is InChI=1S/C40H45N9O3.C2HF3O2/c50-25-28-21-43-49(24-28)34-20-33(36(51)37(34)52)48-26-42-35-38(41-22-32(29-12-6-2-7-13-29)30-14-8-3-9-15-30)45-40(46-39(35)48)44-31-16-18-47(19-17-31)23-27-10-4-1-5-11-27;3-2(4,5)1(6)7/h1-15,21,24,26,31-34,36-37,50-52H,16-20,22-23,25H2,(H2,41,44,45,46);(H,6,7)/t33-,34?,36+,37-;/m1./s1. The molecule has 2 fully saturated rings. The third kappa shape index (κ3) is 9.88. The van der Waals surface area contributed by atoms with Gasteiger partial charge in [-0.3, -0.25) is 9.58 Å². The van der Waals surface area contributed by atoms with Crippen LogP contribution < -0.4 is 10.6 Å². The Morgan fingerprint density at radius 1 is 0.847 bits per heavy atom. The number of aliphatic hydroxyl groups is 3. The second kappa shape index (κ2) is 18.4. The van der Waals surface area contributed by atoms with E-state index in [1.54, 1.807) is 23.4 Å². The van der Waals surface area contributed by atoms with Crippen LogP contribution >= 0.6 is 0 Å². The number of likely N-dealkylation sites (tertiary alicyclic amines) is 1. The number of alkyl halides is 3. The molecular formula is C42H46F3N9O5. The summed E-state index contributed by atoms with van der Waals surface area (Å²) in [5.74, 6) is -1.59. The molecule has 1 saturated carbocycles. The summed E-state index contributed by atoms with van der Waals surface area (Å²) in [4.78, 5) is 26.2. The molecule has 1 aliphatic heterocycles. The monoisotopic (exact) mass is 813 g/mol. The van der Waals surface area contributed by atoms with Gasteiger partial charge in [-0.15, -0.1) is 0 Å². The van der Waals surface area contributed by atoms with E-state index in [1.807, 2.05) is 16.7 Å². The Kier molecular flexibility index (Phi) is 12.9. The Bertz CT molecular complexity index is 2230. The molecule has 310 valence electrons. The lowest BCUT2D eigenvalue weighted by Gasteiger charge is -2.32. The highest BCUT2D eigenvalue weighted by Gasteiger charge is 2.44. The molecule has 0 radical (unpaired) electrons. The van der Waals surface area contributed by atoms with Crippen molar-refractivity contribution in [2.24, 2.45) is 0 Å². The van der Waals surface area contributed by atoms with Crippen LogP contribution in [0.1, 0.15) is 59.5 Å². The number of carboxylic acids is 1. The third-order valence-electron chi connectivity index (χ3n) is 10.9. The normalized spacial score (nSPS) is 20.1. The first-order valence-corrected chi connectivity index (χ1v) is 19.4. The molecule has 1 aliphatic carbocycles. The largest absolute Gasteiger partial charge is 0.490 e. The van der Waals surface area contributed by atoms with E-state index in [9.17, 15) is 28.5 Å². The van der Waals surface area contributed by atoms with Crippen LogP contribution in [0.2, 0.25) is 0 Å². The van der Waals surface area contributed by atoms with E-state index in [1.165, 1.54) is 16.7 Å². The van der Waals surface area contributed by atoms with E-state index < -0.39 is 36.4 Å². The highest BCUT2D eigenvalue weighted by Crippen LogP contribution is 2.40. The highest BCUT2D eigenvalue weighted by molar-refractivity contribution is 5.84. The summed E-state index contributed by atoms with van der Waals surface area (Å²) in [6, 6.07) is 30.7. The van der Waals surface area contributed by atoms with Crippen LogP contribution in [-0.4, -0.2) is 105 Å². The van der Waals surface area contributed by atoms with Crippen molar-refractivity contribution in [2.45, 2.75) is 74.8 Å². The zero-order valence-electron chi connectivity index (χ0n) is 32.0. The zero-order chi connectivity index (χ0) is 41.5. The maximum absolute atomic E-state index is 11.4. The number of rotatable bonds is 12. The fourth-order valence-corrected chi connectivity index (χ4v) is 7.77. The molecule has 1 saturated heterocycles. The van der Waals surface area contributed by atoms with E-state index in [2.05, 4.69) is 99.5 Å². The first kappa shape index (κ1) is 41.3. The number of anilines is 2. The summed E-state index contributed by atoms with van der Waals surface area (Å²) < 4.78 is 35.2. The number of nitrogens with zero attached hydrogens (tertiary/aromatic N) is 7. The number of aromatic nitrogens is 6. The van der Waals surface area contributed by atoms with Crippen molar-refractivity contribution in [3.05, 3.63) is 132 Å². The molecule has 0 amide bonds. The summed E-state index contributed by atoms with van der Waals surface area (Å²) in [5.41, 5.74) is 5.51. The minimum Gasteiger partial charge on any atom is -0.475 e. The number of hydrogen-bond acceptors (Lipinski definition) is 11. The molecule has 14 nitrogen and oxygen atoms in total. The van der Waals surface area contributed by atoms with Gasteiger partial charge in [-0.2, -0.15) is 28.2 Å². The van der Waals surface area contributed by atoms with Crippen LogP contribution in [0.5, 0.6) is 0 Å². The van der Waals surface area contributed by atoms with Gasteiger partial charge in [0.25, 0.3) is 0 Å². The predicted molar refractivity (Wildman–Crippen MR) is 213 cm³/mol. The van der Waals surface area contributed by atoms with Gasteiger partial charge in [0, 0.05) is 49.9 Å². The summed E-state index contributed by atoms with van der Waals surface area (Å²) >= 11 is 0. The third-order valence-corrected chi connectivity index (χ3v) is 10.9. The van der Waals surface area contributed by atoms with Gasteiger partial charge < -0.3 is 35.6 Å². The molecule has 17 heteroatoms. The molecule has 0 bridgehead atoms. The minimum atomic E-state index is -5.08. The Hall–Kier alpha value is -5.88. The number of aliphatic carboxylic acids is 1. The van der Waals surface area contributed by atoms with E-state index in [4.69, 9.17) is 24.9 Å². The Morgan fingerprint density at radius 2 is 1.44 bits per heavy atom. The van der Waals surface area contributed by atoms with Gasteiger partial charge in [-0.05, 0) is 36.0 Å². The molecule has 3 aromatic heterocycles. The predicted octanol–water partition coefficient (Wildman–Crippen LogP) is 5.38. The summed E-state index contributed by atoms with van der Waals surface area (Å²) in [6.07, 6.45) is 0.0537. The van der Waals surface area contributed by atoms with Crippen LogP contribution in [0, 0.1) is 0 Å². The number of halogens is 3. The molecule has 1 unspecified atom stereocenters. The second-order valence-electron chi connectivity index (χ2n) is 14.8. The van der Waals surface area contributed by atoms with E-state index in [0.29, 0.717) is 41.5 Å². The van der Waals surface area contributed by atoms with Crippen LogP contribution in [0.15, 0.2) is 110 Å². The van der Waals surface area contributed by atoms with Gasteiger partial charge in [-0.25, -0.2) is 9.78 Å². The van der Waals surface area contributed by atoms with Crippen molar-refractivity contribution in [1.29, 1.82) is 0 Å². The average molecular weight is 814 g/mol. The van der Waals surface area contributed by atoms with Gasteiger partial charge >= 0.3 is 12.1 Å². The number of carboxylic acid groups (broad SMARTS) is 1. The number of carbonyl (C=O) groups is 1. The Morgan fingerprint density at radius 3 is 2.02 bits per heavy atom.